The Bertz CT molecular complexity index is 142. The van der Waals surface area contributed by atoms with Gasteiger partial charge in [-0.3, -0.25) is 0 Å². The van der Waals surface area contributed by atoms with Crippen LogP contribution in [0.5, 0.6) is 0 Å². The summed E-state index contributed by atoms with van der Waals surface area (Å²) in [4.78, 5) is 0. The summed E-state index contributed by atoms with van der Waals surface area (Å²) in [6.07, 6.45) is 6.34. The van der Waals surface area contributed by atoms with Gasteiger partial charge in [-0.1, -0.05) is 33.3 Å². The molecule has 0 N–H and O–H groups in total. The minimum absolute atomic E-state index is 0.784. The lowest BCUT2D eigenvalue weighted by Gasteiger charge is -2.40. The Balaban J connectivity index is 2.40. The molecule has 0 spiro atoms. The van der Waals surface area contributed by atoms with E-state index in [2.05, 4.69) is 33.4 Å². The summed E-state index contributed by atoms with van der Waals surface area (Å²) in [6, 6.07) is 0. The minimum atomic E-state index is 0.784. The molecule has 2 unspecified atom stereocenters. The second-order valence-corrected chi connectivity index (χ2v) is 4.54. The Morgan fingerprint density at radius 2 is 2.08 bits per heavy atom. The van der Waals surface area contributed by atoms with Gasteiger partial charge in [0.05, 0.1) is 0 Å². The predicted molar refractivity (Wildman–Crippen MR) is 55.0 cm³/mol. The monoisotopic (exact) mass is 166 g/mol. The van der Waals surface area contributed by atoms with E-state index in [4.69, 9.17) is 0 Å². The molecule has 0 nitrogen and oxygen atoms in total. The average Bonchev–Trinajstić information content (AvgIpc) is 2.02. The molecule has 70 valence electrons. The van der Waals surface area contributed by atoms with E-state index in [1.807, 2.05) is 0 Å². The first kappa shape index (κ1) is 9.83. The largest absolute Gasteiger partial charge is 0.103 e. The van der Waals surface area contributed by atoms with Crippen molar-refractivity contribution in [3.8, 4) is 0 Å². The molecular weight excluding hydrogens is 144 g/mol. The molecule has 1 rings (SSSR count). The third-order valence-electron chi connectivity index (χ3n) is 3.53. The van der Waals surface area contributed by atoms with E-state index < -0.39 is 0 Å². The van der Waals surface area contributed by atoms with Crippen LogP contribution in [0.15, 0.2) is 12.7 Å². The van der Waals surface area contributed by atoms with E-state index in [9.17, 15) is 0 Å². The van der Waals surface area contributed by atoms with Gasteiger partial charge in [-0.2, -0.15) is 0 Å². The smallest absolute Gasteiger partial charge is 0.0182 e. The molecule has 1 fully saturated rings. The average molecular weight is 166 g/mol. The molecule has 1 saturated carbocycles. The number of rotatable bonds is 4. The molecule has 0 aromatic carbocycles. The highest BCUT2D eigenvalue weighted by molar-refractivity contribution is 4.93. The van der Waals surface area contributed by atoms with E-state index >= 15 is 0 Å². The summed E-state index contributed by atoms with van der Waals surface area (Å²) in [7, 11) is 0. The van der Waals surface area contributed by atoms with Crippen molar-refractivity contribution in [2.24, 2.45) is 23.7 Å². The van der Waals surface area contributed by atoms with Crippen LogP contribution in [-0.2, 0) is 0 Å². The topological polar surface area (TPSA) is 0 Å². The molecule has 0 aliphatic heterocycles. The van der Waals surface area contributed by atoms with Gasteiger partial charge in [-0.25, -0.2) is 0 Å². The van der Waals surface area contributed by atoms with Crippen LogP contribution < -0.4 is 0 Å². The van der Waals surface area contributed by atoms with Crippen LogP contribution in [0.1, 0.15) is 40.0 Å². The van der Waals surface area contributed by atoms with Crippen LogP contribution in [0.3, 0.4) is 0 Å². The van der Waals surface area contributed by atoms with Gasteiger partial charge < -0.3 is 0 Å². The lowest BCUT2D eigenvalue weighted by molar-refractivity contribution is 0.128. The highest BCUT2D eigenvalue weighted by Gasteiger charge is 2.32. The fourth-order valence-corrected chi connectivity index (χ4v) is 2.44. The van der Waals surface area contributed by atoms with Crippen molar-refractivity contribution in [3.63, 3.8) is 0 Å². The molecule has 0 heteroatoms. The number of hydrogen-bond acceptors (Lipinski definition) is 0. The highest BCUT2D eigenvalue weighted by atomic mass is 14.4. The van der Waals surface area contributed by atoms with Crippen LogP contribution in [0.4, 0.5) is 0 Å². The zero-order chi connectivity index (χ0) is 9.14. The van der Waals surface area contributed by atoms with E-state index in [1.54, 1.807) is 0 Å². The molecule has 0 amide bonds. The van der Waals surface area contributed by atoms with Gasteiger partial charge >= 0.3 is 0 Å². The SMILES string of the molecule is C=CC(C(C)CC)C1CC(C)C1. The fourth-order valence-electron chi connectivity index (χ4n) is 2.44. The lowest BCUT2D eigenvalue weighted by atomic mass is 9.66. The summed E-state index contributed by atoms with van der Waals surface area (Å²) in [5, 5.41) is 0. The Labute approximate surface area is 77.1 Å². The molecular formula is C12H22. The summed E-state index contributed by atoms with van der Waals surface area (Å²) in [6.45, 7) is 10.9. The van der Waals surface area contributed by atoms with Crippen molar-refractivity contribution >= 4 is 0 Å². The molecule has 1 aliphatic carbocycles. The number of allylic oxidation sites excluding steroid dienone is 1. The highest BCUT2D eigenvalue weighted by Crippen LogP contribution is 2.42. The van der Waals surface area contributed by atoms with Gasteiger partial charge in [0.2, 0.25) is 0 Å². The second-order valence-electron chi connectivity index (χ2n) is 4.54. The molecule has 0 radical (unpaired) electrons. The van der Waals surface area contributed by atoms with Crippen molar-refractivity contribution in [1.29, 1.82) is 0 Å². The zero-order valence-corrected chi connectivity index (χ0v) is 8.72. The van der Waals surface area contributed by atoms with Crippen molar-refractivity contribution < 1.29 is 0 Å². The van der Waals surface area contributed by atoms with Gasteiger partial charge in [0.15, 0.2) is 0 Å². The molecule has 0 aromatic rings. The van der Waals surface area contributed by atoms with E-state index in [0.29, 0.717) is 0 Å². The maximum absolute atomic E-state index is 3.96. The van der Waals surface area contributed by atoms with Crippen LogP contribution >= 0.6 is 0 Å². The molecule has 0 aromatic heterocycles. The standard InChI is InChI=1S/C12H22/c1-5-10(4)12(6-2)11-7-9(3)8-11/h6,9-12H,2,5,7-8H2,1,3-4H3. The lowest BCUT2D eigenvalue weighted by Crippen LogP contribution is -2.30. The summed E-state index contributed by atoms with van der Waals surface area (Å²) in [5.74, 6) is 3.54. The van der Waals surface area contributed by atoms with E-state index in [0.717, 1.165) is 23.7 Å². The summed E-state index contributed by atoms with van der Waals surface area (Å²) < 4.78 is 0. The van der Waals surface area contributed by atoms with Crippen molar-refractivity contribution in [3.05, 3.63) is 12.7 Å². The minimum Gasteiger partial charge on any atom is -0.103 e. The fraction of sp³-hybridized carbons (Fsp3) is 0.833. The second kappa shape index (κ2) is 4.11. The van der Waals surface area contributed by atoms with Gasteiger partial charge in [0.1, 0.15) is 0 Å². The molecule has 12 heavy (non-hydrogen) atoms. The zero-order valence-electron chi connectivity index (χ0n) is 8.72. The normalized spacial score (nSPS) is 33.6. The van der Waals surface area contributed by atoms with Gasteiger partial charge in [-0.15, -0.1) is 6.58 Å². The number of hydrogen-bond donors (Lipinski definition) is 0. The molecule has 2 atom stereocenters. The summed E-state index contributed by atoms with van der Waals surface area (Å²) >= 11 is 0. The van der Waals surface area contributed by atoms with Gasteiger partial charge in [-0.05, 0) is 36.5 Å². The Hall–Kier alpha value is -0.260. The first-order valence-corrected chi connectivity index (χ1v) is 5.31. The first-order valence-electron chi connectivity index (χ1n) is 5.31. The molecule has 0 bridgehead atoms. The predicted octanol–water partition coefficient (Wildman–Crippen LogP) is 3.88. The molecule has 1 aliphatic rings. The van der Waals surface area contributed by atoms with Crippen LogP contribution in [-0.4, -0.2) is 0 Å². The van der Waals surface area contributed by atoms with Crippen LogP contribution in [0.25, 0.3) is 0 Å². The maximum atomic E-state index is 3.96. The molecule has 0 heterocycles. The summed E-state index contributed by atoms with van der Waals surface area (Å²) in [5.41, 5.74) is 0. The first-order chi connectivity index (χ1) is 5.69. The maximum Gasteiger partial charge on any atom is -0.0182 e. The third-order valence-corrected chi connectivity index (χ3v) is 3.53. The Morgan fingerprint density at radius 1 is 1.50 bits per heavy atom. The third kappa shape index (κ3) is 1.91. The van der Waals surface area contributed by atoms with Crippen LogP contribution in [0.2, 0.25) is 0 Å². The van der Waals surface area contributed by atoms with E-state index in [-0.39, 0.29) is 0 Å². The Kier molecular flexibility index (Phi) is 3.37. The van der Waals surface area contributed by atoms with E-state index in [1.165, 1.54) is 19.3 Å². The van der Waals surface area contributed by atoms with Crippen LogP contribution in [0, 0.1) is 23.7 Å². The quantitative estimate of drug-likeness (QED) is 0.556. The van der Waals surface area contributed by atoms with Gasteiger partial charge in [0, 0.05) is 0 Å². The van der Waals surface area contributed by atoms with Gasteiger partial charge in [0.25, 0.3) is 0 Å². The molecule has 0 saturated heterocycles. The Morgan fingerprint density at radius 3 is 2.42 bits per heavy atom. The van der Waals surface area contributed by atoms with Crippen molar-refractivity contribution in [1.82, 2.24) is 0 Å². The van der Waals surface area contributed by atoms with Crippen molar-refractivity contribution in [2.45, 2.75) is 40.0 Å². The van der Waals surface area contributed by atoms with Crippen molar-refractivity contribution in [2.75, 3.05) is 0 Å².